The molecular weight excluding hydrogens is 384 g/mol. The van der Waals surface area contributed by atoms with Crippen molar-refractivity contribution in [1.29, 1.82) is 0 Å². The number of nitrogens with zero attached hydrogens (tertiary/aromatic N) is 4. The molecule has 0 aromatic carbocycles. The molecule has 2 amide bonds. The van der Waals surface area contributed by atoms with Gasteiger partial charge < -0.3 is 24.8 Å². The fourth-order valence-corrected chi connectivity index (χ4v) is 4.70. The van der Waals surface area contributed by atoms with Gasteiger partial charge in [0, 0.05) is 32.4 Å². The second-order valence-corrected chi connectivity index (χ2v) is 9.34. The number of anilines is 1. The van der Waals surface area contributed by atoms with E-state index in [1.165, 1.54) is 0 Å². The molecule has 2 aromatic rings. The van der Waals surface area contributed by atoms with E-state index >= 15 is 0 Å². The number of aromatic nitrogens is 3. The number of carbonyl (C=O) groups excluding carboxylic acids is 2. The van der Waals surface area contributed by atoms with Gasteiger partial charge in [-0.05, 0) is 51.5 Å². The lowest BCUT2D eigenvalue weighted by atomic mass is 10.0. The summed E-state index contributed by atoms with van der Waals surface area (Å²) < 4.78 is 5.24. The van der Waals surface area contributed by atoms with E-state index in [0.29, 0.717) is 17.9 Å². The lowest BCUT2D eigenvalue weighted by Crippen LogP contribution is -2.43. The molecule has 2 fully saturated rings. The topological polar surface area (TPSA) is 103 Å². The summed E-state index contributed by atoms with van der Waals surface area (Å²) in [5, 5.41) is 3.72. The Bertz CT molecular complexity index is 922. The number of amides is 2. The minimum absolute atomic E-state index is 0.103. The van der Waals surface area contributed by atoms with Gasteiger partial charge in [-0.25, -0.2) is 14.8 Å². The number of carbonyl (C=O) groups is 2. The second kappa shape index (κ2) is 7.77. The van der Waals surface area contributed by atoms with Crippen LogP contribution in [0.15, 0.2) is 18.6 Å². The van der Waals surface area contributed by atoms with Crippen LogP contribution in [-0.4, -0.2) is 70.2 Å². The molecule has 0 radical (unpaired) electrons. The first-order chi connectivity index (χ1) is 14.2. The largest absolute Gasteiger partial charge is 0.459 e. The van der Waals surface area contributed by atoms with Gasteiger partial charge in [0.25, 0.3) is 0 Å². The molecule has 162 valence electrons. The fraction of sp³-hybridized carbons (Fsp3) is 0.619. The standard InChI is InChI=1S/C21H30N6O3/c1-21(2,3)30-17(28)9-23-20(29)27-10-13-7-15(8-14(13)11-27)26(4)19-16-5-6-22-18(16)24-12-25-19/h5-6,12-15H,7-11H2,1-4H3,(H,23,29)(H,22,24,25)/t13-,14+,15?. The number of likely N-dealkylation sites (tertiary alicyclic amines) is 1. The Kier molecular flexibility index (Phi) is 5.29. The highest BCUT2D eigenvalue weighted by molar-refractivity contribution is 5.87. The van der Waals surface area contributed by atoms with Crippen LogP contribution in [0.4, 0.5) is 10.6 Å². The van der Waals surface area contributed by atoms with Gasteiger partial charge in [0.15, 0.2) is 0 Å². The molecule has 9 heteroatoms. The van der Waals surface area contributed by atoms with Crippen molar-refractivity contribution >= 4 is 28.9 Å². The maximum Gasteiger partial charge on any atom is 0.325 e. The third kappa shape index (κ3) is 4.20. The van der Waals surface area contributed by atoms with E-state index in [2.05, 4.69) is 32.2 Å². The number of H-pyrrole nitrogens is 1. The van der Waals surface area contributed by atoms with Crippen LogP contribution >= 0.6 is 0 Å². The van der Waals surface area contributed by atoms with Crippen molar-refractivity contribution in [2.75, 3.05) is 31.6 Å². The number of hydrogen-bond donors (Lipinski definition) is 2. The highest BCUT2D eigenvalue weighted by Gasteiger charge is 2.44. The molecule has 0 spiro atoms. The molecule has 2 aliphatic rings. The first-order valence-corrected chi connectivity index (χ1v) is 10.5. The summed E-state index contributed by atoms with van der Waals surface area (Å²) in [5.74, 6) is 1.46. The molecule has 3 heterocycles. The summed E-state index contributed by atoms with van der Waals surface area (Å²) in [6, 6.07) is 2.21. The highest BCUT2D eigenvalue weighted by Crippen LogP contribution is 2.41. The van der Waals surface area contributed by atoms with Crippen LogP contribution in [0.25, 0.3) is 11.0 Å². The average Bonchev–Trinajstić information content (AvgIpc) is 3.37. The second-order valence-electron chi connectivity index (χ2n) is 9.34. The third-order valence-corrected chi connectivity index (χ3v) is 6.03. The van der Waals surface area contributed by atoms with Gasteiger partial charge in [-0.2, -0.15) is 0 Å². The first-order valence-electron chi connectivity index (χ1n) is 10.5. The van der Waals surface area contributed by atoms with E-state index in [4.69, 9.17) is 4.74 Å². The molecule has 1 unspecified atom stereocenters. The predicted octanol–water partition coefficient (Wildman–Crippen LogP) is 2.16. The Morgan fingerprint density at radius 3 is 2.63 bits per heavy atom. The van der Waals surface area contributed by atoms with E-state index in [9.17, 15) is 9.59 Å². The number of esters is 1. The fourth-order valence-electron chi connectivity index (χ4n) is 4.70. The number of rotatable bonds is 4. The molecular formula is C21H30N6O3. The van der Waals surface area contributed by atoms with Crippen molar-refractivity contribution in [3.8, 4) is 0 Å². The van der Waals surface area contributed by atoms with Gasteiger partial charge >= 0.3 is 12.0 Å². The number of ether oxygens (including phenoxy) is 1. The normalized spacial score (nSPS) is 23.5. The molecule has 1 aliphatic carbocycles. The molecule has 4 rings (SSSR count). The van der Waals surface area contributed by atoms with Crippen LogP contribution in [0.2, 0.25) is 0 Å². The molecule has 1 aliphatic heterocycles. The highest BCUT2D eigenvalue weighted by atomic mass is 16.6. The van der Waals surface area contributed by atoms with E-state index in [1.807, 2.05) is 37.9 Å². The summed E-state index contributed by atoms with van der Waals surface area (Å²) >= 11 is 0. The van der Waals surface area contributed by atoms with Gasteiger partial charge in [-0.15, -0.1) is 0 Å². The number of hydrogen-bond acceptors (Lipinski definition) is 6. The average molecular weight is 415 g/mol. The van der Waals surface area contributed by atoms with Crippen LogP contribution in [0.3, 0.4) is 0 Å². The van der Waals surface area contributed by atoms with E-state index in [1.54, 1.807) is 6.33 Å². The molecule has 2 aromatic heterocycles. The lowest BCUT2D eigenvalue weighted by Gasteiger charge is -2.28. The van der Waals surface area contributed by atoms with Crippen LogP contribution in [-0.2, 0) is 9.53 Å². The van der Waals surface area contributed by atoms with Crippen LogP contribution in [0, 0.1) is 11.8 Å². The number of urea groups is 1. The van der Waals surface area contributed by atoms with Crippen molar-refractivity contribution in [3.63, 3.8) is 0 Å². The maximum atomic E-state index is 12.5. The monoisotopic (exact) mass is 414 g/mol. The molecule has 1 saturated heterocycles. The Balaban J connectivity index is 1.30. The van der Waals surface area contributed by atoms with Crippen molar-refractivity contribution in [2.24, 2.45) is 11.8 Å². The van der Waals surface area contributed by atoms with Crippen molar-refractivity contribution in [2.45, 2.75) is 45.3 Å². The van der Waals surface area contributed by atoms with E-state index in [-0.39, 0.29) is 12.6 Å². The number of fused-ring (bicyclic) bond motifs is 2. The van der Waals surface area contributed by atoms with Crippen molar-refractivity contribution in [1.82, 2.24) is 25.2 Å². The third-order valence-electron chi connectivity index (χ3n) is 6.03. The van der Waals surface area contributed by atoms with Crippen LogP contribution in [0.1, 0.15) is 33.6 Å². The van der Waals surface area contributed by atoms with Crippen LogP contribution < -0.4 is 10.2 Å². The molecule has 9 nitrogen and oxygen atoms in total. The summed E-state index contributed by atoms with van der Waals surface area (Å²) in [5.41, 5.74) is 0.293. The van der Waals surface area contributed by atoms with Gasteiger partial charge in [-0.3, -0.25) is 4.79 Å². The lowest BCUT2D eigenvalue weighted by molar-refractivity contribution is -0.153. The minimum atomic E-state index is -0.552. The Morgan fingerprint density at radius 1 is 1.27 bits per heavy atom. The molecule has 30 heavy (non-hydrogen) atoms. The van der Waals surface area contributed by atoms with E-state index < -0.39 is 11.6 Å². The zero-order valence-corrected chi connectivity index (χ0v) is 18.0. The number of aromatic amines is 1. The van der Waals surface area contributed by atoms with Crippen molar-refractivity contribution < 1.29 is 14.3 Å². The molecule has 1 saturated carbocycles. The zero-order chi connectivity index (χ0) is 21.5. The predicted molar refractivity (Wildman–Crippen MR) is 113 cm³/mol. The first kappa shape index (κ1) is 20.4. The zero-order valence-electron chi connectivity index (χ0n) is 18.0. The maximum absolute atomic E-state index is 12.5. The molecule has 3 atom stereocenters. The van der Waals surface area contributed by atoms with E-state index in [0.717, 1.165) is 42.8 Å². The SMILES string of the molecule is CN(c1ncnc2[nH]ccc12)C1C[C@@H]2CN(C(=O)NCC(=O)OC(C)(C)C)C[C@@H]2C1. The quantitative estimate of drug-likeness (QED) is 0.743. The van der Waals surface area contributed by atoms with Crippen molar-refractivity contribution in [3.05, 3.63) is 18.6 Å². The van der Waals surface area contributed by atoms with Gasteiger partial charge in [0.1, 0.15) is 29.9 Å². The molecule has 2 N–H and O–H groups in total. The summed E-state index contributed by atoms with van der Waals surface area (Å²) in [4.78, 5) is 40.3. The van der Waals surface area contributed by atoms with Gasteiger partial charge in [-0.1, -0.05) is 0 Å². The summed E-state index contributed by atoms with van der Waals surface area (Å²) in [7, 11) is 2.09. The number of nitrogens with one attached hydrogen (secondary N) is 2. The van der Waals surface area contributed by atoms with Gasteiger partial charge in [0.05, 0.1) is 5.39 Å². The molecule has 0 bridgehead atoms. The summed E-state index contributed by atoms with van der Waals surface area (Å²) in [6.45, 7) is 6.77. The minimum Gasteiger partial charge on any atom is -0.459 e. The Hall–Kier alpha value is -2.84. The Morgan fingerprint density at radius 2 is 1.97 bits per heavy atom. The van der Waals surface area contributed by atoms with Crippen LogP contribution in [0.5, 0.6) is 0 Å². The summed E-state index contributed by atoms with van der Waals surface area (Å²) in [6.07, 6.45) is 5.52. The Labute approximate surface area is 176 Å². The van der Waals surface area contributed by atoms with Gasteiger partial charge in [0.2, 0.25) is 0 Å². The smallest absolute Gasteiger partial charge is 0.325 e.